The average molecular weight is 319 g/mol. The van der Waals surface area contributed by atoms with Crippen molar-refractivity contribution in [2.75, 3.05) is 18.8 Å². The summed E-state index contributed by atoms with van der Waals surface area (Å²) in [6, 6.07) is 3.35. The lowest BCUT2D eigenvalue weighted by molar-refractivity contribution is 0.477. The molecule has 0 saturated carbocycles. The van der Waals surface area contributed by atoms with E-state index >= 15 is 0 Å². The summed E-state index contributed by atoms with van der Waals surface area (Å²) in [5.74, 6) is 0.717. The molecule has 0 radical (unpaired) electrons. The van der Waals surface area contributed by atoms with E-state index in [4.69, 9.17) is 11.6 Å². The van der Waals surface area contributed by atoms with E-state index in [0.717, 1.165) is 17.9 Å². The maximum atomic E-state index is 12.3. The van der Waals surface area contributed by atoms with Crippen LogP contribution in [0, 0.1) is 0 Å². The molecule has 0 aromatic carbocycles. The van der Waals surface area contributed by atoms with Gasteiger partial charge in [0.05, 0.1) is 5.03 Å². The Morgan fingerprint density at radius 1 is 1.37 bits per heavy atom. The predicted octanol–water partition coefficient (Wildman–Crippen LogP) is 2.71. The van der Waals surface area contributed by atoms with E-state index in [1.54, 1.807) is 12.1 Å². The van der Waals surface area contributed by atoms with Crippen LogP contribution < -0.4 is 0 Å². The number of pyridine rings is 1. The molecule has 0 atom stereocenters. The molecule has 0 aliphatic carbocycles. The van der Waals surface area contributed by atoms with E-state index in [1.807, 2.05) is 6.08 Å². The first-order valence-electron chi connectivity index (χ1n) is 5.99. The molecule has 0 amide bonds. The Morgan fingerprint density at radius 3 is 2.68 bits per heavy atom. The van der Waals surface area contributed by atoms with Gasteiger partial charge in [0.25, 0.3) is 0 Å². The van der Waals surface area contributed by atoms with Crippen molar-refractivity contribution in [2.24, 2.45) is 0 Å². The van der Waals surface area contributed by atoms with E-state index < -0.39 is 10.0 Å². The van der Waals surface area contributed by atoms with Crippen LogP contribution in [0.4, 0.5) is 0 Å². The minimum Gasteiger partial charge on any atom is -0.249 e. The van der Waals surface area contributed by atoms with Crippen LogP contribution in [0.3, 0.4) is 0 Å². The summed E-state index contributed by atoms with van der Waals surface area (Å²) < 4.78 is 26.0. The summed E-state index contributed by atoms with van der Waals surface area (Å²) in [6.45, 7) is 1.22. The van der Waals surface area contributed by atoms with E-state index in [-0.39, 0.29) is 4.90 Å². The molecule has 4 nitrogen and oxygen atoms in total. The topological polar surface area (TPSA) is 50.3 Å². The minimum atomic E-state index is -3.35. The largest absolute Gasteiger partial charge is 0.249 e. The standard InChI is InChI=1S/C12H15ClN2O2S2/c13-6-3-9-18-12-5-4-11(10-14-12)19(16,17)15-7-1-2-8-15/h3-6,10H,1-2,7-9H2/b6-3+. The van der Waals surface area contributed by atoms with Crippen LogP contribution in [0.5, 0.6) is 0 Å². The second kappa shape index (κ2) is 6.74. The highest BCUT2D eigenvalue weighted by atomic mass is 35.5. The lowest BCUT2D eigenvalue weighted by Gasteiger charge is -2.15. The van der Waals surface area contributed by atoms with E-state index in [2.05, 4.69) is 4.98 Å². The highest BCUT2D eigenvalue weighted by molar-refractivity contribution is 7.99. The molecular formula is C12H15ClN2O2S2. The Kier molecular flexibility index (Phi) is 5.27. The lowest BCUT2D eigenvalue weighted by atomic mass is 10.4. The molecule has 104 valence electrons. The van der Waals surface area contributed by atoms with Crippen molar-refractivity contribution in [2.45, 2.75) is 22.8 Å². The third-order valence-electron chi connectivity index (χ3n) is 2.83. The quantitative estimate of drug-likeness (QED) is 0.783. The zero-order chi connectivity index (χ0) is 13.7. The zero-order valence-corrected chi connectivity index (χ0v) is 12.7. The van der Waals surface area contributed by atoms with Crippen molar-refractivity contribution >= 4 is 33.4 Å². The van der Waals surface area contributed by atoms with Crippen LogP contribution >= 0.6 is 23.4 Å². The number of sulfonamides is 1. The summed E-state index contributed by atoms with van der Waals surface area (Å²) in [6.07, 6.45) is 5.11. The molecule has 2 rings (SSSR count). The Balaban J connectivity index is 2.09. The van der Waals surface area contributed by atoms with Crippen molar-refractivity contribution < 1.29 is 8.42 Å². The summed E-state index contributed by atoms with van der Waals surface area (Å²) >= 11 is 6.93. The van der Waals surface area contributed by atoms with Gasteiger partial charge >= 0.3 is 0 Å². The summed E-state index contributed by atoms with van der Waals surface area (Å²) in [4.78, 5) is 4.44. The first kappa shape index (κ1) is 14.8. The van der Waals surface area contributed by atoms with Gasteiger partial charge in [-0.3, -0.25) is 0 Å². The number of hydrogen-bond donors (Lipinski definition) is 0. The first-order chi connectivity index (χ1) is 9.14. The molecule has 0 spiro atoms. The van der Waals surface area contributed by atoms with Crippen LogP contribution in [0.1, 0.15) is 12.8 Å². The van der Waals surface area contributed by atoms with Gasteiger partial charge in [-0.15, -0.1) is 11.8 Å². The van der Waals surface area contributed by atoms with Crippen molar-refractivity contribution in [3.05, 3.63) is 29.9 Å². The molecule has 0 N–H and O–H groups in total. The molecule has 19 heavy (non-hydrogen) atoms. The third-order valence-corrected chi connectivity index (χ3v) is 5.79. The van der Waals surface area contributed by atoms with Crippen LogP contribution in [0.2, 0.25) is 0 Å². The fourth-order valence-electron chi connectivity index (χ4n) is 1.85. The van der Waals surface area contributed by atoms with Crippen LogP contribution in [0.25, 0.3) is 0 Å². The molecule has 1 fully saturated rings. The average Bonchev–Trinajstić information content (AvgIpc) is 2.94. The number of rotatable bonds is 5. The Labute approximate surface area is 122 Å². The SMILES string of the molecule is O=S(=O)(c1ccc(SC/C=C/Cl)nc1)N1CCCC1. The van der Waals surface area contributed by atoms with Gasteiger partial charge in [-0.25, -0.2) is 13.4 Å². The molecule has 0 bridgehead atoms. The number of thioether (sulfide) groups is 1. The monoisotopic (exact) mass is 318 g/mol. The number of aromatic nitrogens is 1. The number of nitrogens with zero attached hydrogens (tertiary/aromatic N) is 2. The van der Waals surface area contributed by atoms with Gasteiger partial charge < -0.3 is 0 Å². The van der Waals surface area contributed by atoms with Gasteiger partial charge in [0.15, 0.2) is 0 Å². The van der Waals surface area contributed by atoms with Crippen LogP contribution in [-0.2, 0) is 10.0 Å². The normalized spacial score (nSPS) is 17.3. The third kappa shape index (κ3) is 3.72. The van der Waals surface area contributed by atoms with E-state index in [1.165, 1.54) is 27.8 Å². The maximum Gasteiger partial charge on any atom is 0.244 e. The first-order valence-corrected chi connectivity index (χ1v) is 8.85. The maximum absolute atomic E-state index is 12.3. The molecule has 1 aliphatic heterocycles. The number of halogens is 1. The summed E-state index contributed by atoms with van der Waals surface area (Å²) in [7, 11) is -3.35. The Morgan fingerprint density at radius 2 is 2.11 bits per heavy atom. The molecular weight excluding hydrogens is 304 g/mol. The zero-order valence-electron chi connectivity index (χ0n) is 10.3. The molecule has 1 aliphatic rings. The summed E-state index contributed by atoms with van der Waals surface area (Å²) in [5, 5.41) is 0.787. The van der Waals surface area contributed by atoms with Crippen LogP contribution in [0.15, 0.2) is 39.9 Å². The number of hydrogen-bond acceptors (Lipinski definition) is 4. The van der Waals surface area contributed by atoms with Crippen molar-refractivity contribution in [3.63, 3.8) is 0 Å². The van der Waals surface area contributed by atoms with E-state index in [9.17, 15) is 8.42 Å². The van der Waals surface area contributed by atoms with Gasteiger partial charge in [-0.05, 0) is 25.0 Å². The molecule has 2 heterocycles. The van der Waals surface area contributed by atoms with Crippen molar-refractivity contribution in [1.29, 1.82) is 0 Å². The smallest absolute Gasteiger partial charge is 0.244 e. The van der Waals surface area contributed by atoms with Crippen LogP contribution in [-0.4, -0.2) is 36.5 Å². The fraction of sp³-hybridized carbons (Fsp3) is 0.417. The second-order valence-corrected chi connectivity index (χ2v) is 7.35. The summed E-state index contributed by atoms with van der Waals surface area (Å²) in [5.41, 5.74) is 1.46. The fourth-order valence-corrected chi connectivity index (χ4v) is 4.16. The second-order valence-electron chi connectivity index (χ2n) is 4.12. The van der Waals surface area contributed by atoms with Gasteiger partial charge in [-0.2, -0.15) is 4.31 Å². The highest BCUT2D eigenvalue weighted by Crippen LogP contribution is 2.22. The Bertz CT molecular complexity index is 537. The molecule has 0 unspecified atom stereocenters. The lowest BCUT2D eigenvalue weighted by Crippen LogP contribution is -2.27. The molecule has 1 aromatic rings. The van der Waals surface area contributed by atoms with Crippen molar-refractivity contribution in [1.82, 2.24) is 9.29 Å². The van der Waals surface area contributed by atoms with Gasteiger partial charge in [-0.1, -0.05) is 17.7 Å². The van der Waals surface area contributed by atoms with Gasteiger partial charge in [0, 0.05) is 30.6 Å². The Hall–Kier alpha value is -0.560. The minimum absolute atomic E-state index is 0.270. The molecule has 1 saturated heterocycles. The van der Waals surface area contributed by atoms with E-state index in [0.29, 0.717) is 18.8 Å². The van der Waals surface area contributed by atoms with Gasteiger partial charge in [0.2, 0.25) is 10.0 Å². The van der Waals surface area contributed by atoms with Gasteiger partial charge in [0.1, 0.15) is 4.90 Å². The highest BCUT2D eigenvalue weighted by Gasteiger charge is 2.27. The molecule has 1 aromatic heterocycles. The van der Waals surface area contributed by atoms with Crippen molar-refractivity contribution in [3.8, 4) is 0 Å². The molecule has 7 heteroatoms. The predicted molar refractivity (Wildman–Crippen MR) is 77.9 cm³/mol.